The van der Waals surface area contributed by atoms with Crippen molar-refractivity contribution in [1.82, 2.24) is 19.9 Å². The van der Waals surface area contributed by atoms with E-state index in [4.69, 9.17) is 9.97 Å². The average Bonchev–Trinajstić information content (AvgIpc) is 3.19. The molecule has 1 aromatic carbocycles. The summed E-state index contributed by atoms with van der Waals surface area (Å²) in [5.74, 6) is 0.860. The number of anilines is 1. The van der Waals surface area contributed by atoms with Crippen molar-refractivity contribution in [2.24, 2.45) is 0 Å². The third-order valence-electron chi connectivity index (χ3n) is 4.94. The molecule has 0 fully saturated rings. The van der Waals surface area contributed by atoms with Gasteiger partial charge in [0.05, 0.1) is 23.6 Å². The van der Waals surface area contributed by atoms with Crippen molar-refractivity contribution >= 4 is 23.0 Å². The molecule has 0 radical (unpaired) electrons. The lowest BCUT2D eigenvalue weighted by molar-refractivity contribution is 0.589. The number of hydrogen-bond acceptors (Lipinski definition) is 5. The highest BCUT2D eigenvalue weighted by Gasteiger charge is 2.18. The van der Waals surface area contributed by atoms with Gasteiger partial charge in [0.15, 0.2) is 0 Å². The largest absolute Gasteiger partial charge is 0.378 e. The van der Waals surface area contributed by atoms with E-state index in [0.29, 0.717) is 6.54 Å². The highest BCUT2D eigenvalue weighted by Crippen LogP contribution is 2.30. The maximum absolute atomic E-state index is 4.92. The van der Waals surface area contributed by atoms with E-state index in [1.54, 1.807) is 11.8 Å². The minimum atomic E-state index is 0.593. The Hall–Kier alpha value is -3.25. The van der Waals surface area contributed by atoms with E-state index in [9.17, 15) is 0 Å². The van der Waals surface area contributed by atoms with Crippen LogP contribution >= 0.6 is 11.8 Å². The number of imidazole rings is 1. The molecule has 0 saturated heterocycles. The van der Waals surface area contributed by atoms with Gasteiger partial charge in [-0.15, -0.1) is 11.8 Å². The van der Waals surface area contributed by atoms with Crippen molar-refractivity contribution in [3.05, 3.63) is 90.3 Å². The molecule has 2 N–H and O–H groups in total. The number of likely N-dealkylation sites (N-methyl/N-ethyl adjacent to an activating group) is 1. The fourth-order valence-electron chi connectivity index (χ4n) is 3.28. The van der Waals surface area contributed by atoms with E-state index in [1.807, 2.05) is 43.1 Å². The molecular formula is C24H25N5S. The molecule has 0 unspecified atom stereocenters. The zero-order chi connectivity index (χ0) is 21.1. The van der Waals surface area contributed by atoms with Gasteiger partial charge in [-0.3, -0.25) is 4.98 Å². The number of rotatable bonds is 6. The summed E-state index contributed by atoms with van der Waals surface area (Å²) in [6, 6.07) is 14.4. The van der Waals surface area contributed by atoms with Gasteiger partial charge in [-0.2, -0.15) is 0 Å². The van der Waals surface area contributed by atoms with Crippen molar-refractivity contribution in [2.75, 3.05) is 18.6 Å². The molecule has 0 amide bonds. The summed E-state index contributed by atoms with van der Waals surface area (Å²) in [6.07, 6.45) is 8.19. The Bertz CT molecular complexity index is 1140. The SMILES string of the molecule is C=C1C=CC(c2nc(CNc3cccc(SC)c3)[nH]c2-c2cccc(C)n2)=CN1C. The predicted molar refractivity (Wildman–Crippen MR) is 126 cm³/mol. The van der Waals surface area contributed by atoms with Crippen LogP contribution in [0, 0.1) is 6.92 Å². The van der Waals surface area contributed by atoms with Gasteiger partial charge in [-0.25, -0.2) is 4.98 Å². The quantitative estimate of drug-likeness (QED) is 0.523. The number of nitrogens with zero attached hydrogens (tertiary/aromatic N) is 3. The van der Waals surface area contributed by atoms with E-state index in [0.717, 1.165) is 45.6 Å². The molecule has 0 spiro atoms. The van der Waals surface area contributed by atoms with Crippen LogP contribution in [0.25, 0.3) is 17.0 Å². The Balaban J connectivity index is 1.68. The average molecular weight is 416 g/mol. The van der Waals surface area contributed by atoms with E-state index in [2.05, 4.69) is 59.7 Å². The number of H-pyrrole nitrogens is 1. The fourth-order valence-corrected chi connectivity index (χ4v) is 3.74. The van der Waals surface area contributed by atoms with E-state index in [1.165, 1.54) is 4.90 Å². The lowest BCUT2D eigenvalue weighted by Gasteiger charge is -2.19. The topological polar surface area (TPSA) is 56.8 Å². The molecule has 0 aliphatic carbocycles. The fraction of sp³-hybridized carbons (Fsp3) is 0.167. The van der Waals surface area contributed by atoms with Crippen LogP contribution in [0.1, 0.15) is 17.2 Å². The van der Waals surface area contributed by atoms with Crippen LogP contribution in [0.15, 0.2) is 78.0 Å². The summed E-state index contributed by atoms with van der Waals surface area (Å²) < 4.78 is 0. The van der Waals surface area contributed by atoms with Crippen molar-refractivity contribution in [1.29, 1.82) is 0 Å². The molecule has 2 aromatic heterocycles. The molecule has 3 aromatic rings. The van der Waals surface area contributed by atoms with E-state index in [-0.39, 0.29) is 0 Å². The first-order valence-electron chi connectivity index (χ1n) is 9.76. The molecule has 3 heterocycles. The Morgan fingerprint density at radius 3 is 2.73 bits per heavy atom. The number of allylic oxidation sites excluding steroid dienone is 3. The molecule has 1 aliphatic heterocycles. The number of pyridine rings is 1. The van der Waals surface area contributed by atoms with Gasteiger partial charge in [0, 0.05) is 40.8 Å². The van der Waals surface area contributed by atoms with Crippen LogP contribution < -0.4 is 5.32 Å². The molecule has 30 heavy (non-hydrogen) atoms. The van der Waals surface area contributed by atoms with Gasteiger partial charge in [-0.05, 0) is 55.7 Å². The summed E-state index contributed by atoms with van der Waals surface area (Å²) in [5, 5.41) is 3.47. The van der Waals surface area contributed by atoms with Crippen LogP contribution in [0.4, 0.5) is 5.69 Å². The van der Waals surface area contributed by atoms with Crippen molar-refractivity contribution in [3.8, 4) is 11.4 Å². The summed E-state index contributed by atoms with van der Waals surface area (Å²) in [7, 11) is 1.99. The lowest BCUT2D eigenvalue weighted by Crippen LogP contribution is -2.11. The minimum absolute atomic E-state index is 0.593. The summed E-state index contributed by atoms with van der Waals surface area (Å²) in [5.41, 5.74) is 6.70. The highest BCUT2D eigenvalue weighted by atomic mass is 32.2. The zero-order valence-electron chi connectivity index (χ0n) is 17.4. The second kappa shape index (κ2) is 8.63. The number of aromatic amines is 1. The highest BCUT2D eigenvalue weighted by molar-refractivity contribution is 7.98. The lowest BCUT2D eigenvalue weighted by atomic mass is 10.1. The van der Waals surface area contributed by atoms with Crippen LogP contribution in [0.3, 0.4) is 0 Å². The number of hydrogen-bond donors (Lipinski definition) is 2. The third kappa shape index (κ3) is 4.33. The van der Waals surface area contributed by atoms with Crippen LogP contribution in [-0.4, -0.2) is 33.2 Å². The Labute approximate surface area is 181 Å². The number of benzene rings is 1. The van der Waals surface area contributed by atoms with Crippen LogP contribution in [-0.2, 0) is 6.54 Å². The molecule has 0 bridgehead atoms. The second-order valence-corrected chi connectivity index (χ2v) is 8.06. The second-order valence-electron chi connectivity index (χ2n) is 7.18. The molecule has 0 atom stereocenters. The van der Waals surface area contributed by atoms with Crippen LogP contribution in [0.2, 0.25) is 0 Å². The molecule has 1 aliphatic rings. The molecule has 6 heteroatoms. The van der Waals surface area contributed by atoms with Gasteiger partial charge >= 0.3 is 0 Å². The maximum Gasteiger partial charge on any atom is 0.126 e. The van der Waals surface area contributed by atoms with Crippen molar-refractivity contribution in [3.63, 3.8) is 0 Å². The Kier molecular flexibility index (Phi) is 5.77. The van der Waals surface area contributed by atoms with E-state index >= 15 is 0 Å². The molecular weight excluding hydrogens is 390 g/mol. The number of nitrogens with one attached hydrogen (secondary N) is 2. The van der Waals surface area contributed by atoms with E-state index < -0.39 is 0 Å². The zero-order valence-corrected chi connectivity index (χ0v) is 18.3. The Morgan fingerprint density at radius 2 is 1.97 bits per heavy atom. The number of thioether (sulfide) groups is 1. The Morgan fingerprint density at radius 1 is 1.13 bits per heavy atom. The first-order chi connectivity index (χ1) is 14.5. The van der Waals surface area contributed by atoms with Gasteiger partial charge in [0.1, 0.15) is 5.82 Å². The summed E-state index contributed by atoms with van der Waals surface area (Å²) >= 11 is 1.73. The standard InChI is InChI=1S/C24H25N5S/c1-16-7-5-10-21(26-16)24-23(18-12-11-17(2)29(3)15-18)27-22(28-24)14-25-19-8-6-9-20(13-19)30-4/h5-13,15,25H,2,14H2,1,3-4H3,(H,27,28). The molecule has 0 saturated carbocycles. The number of aryl methyl sites for hydroxylation is 1. The summed E-state index contributed by atoms with van der Waals surface area (Å²) in [4.78, 5) is 16.3. The minimum Gasteiger partial charge on any atom is -0.378 e. The molecule has 5 nitrogen and oxygen atoms in total. The maximum atomic E-state index is 4.92. The molecule has 4 rings (SSSR count). The van der Waals surface area contributed by atoms with Gasteiger partial charge < -0.3 is 15.2 Å². The first kappa shape index (κ1) is 20.0. The first-order valence-corrected chi connectivity index (χ1v) is 11.0. The van der Waals surface area contributed by atoms with Gasteiger partial charge in [0.25, 0.3) is 0 Å². The monoisotopic (exact) mass is 415 g/mol. The summed E-state index contributed by atoms with van der Waals surface area (Å²) in [6.45, 7) is 6.63. The third-order valence-corrected chi connectivity index (χ3v) is 5.67. The van der Waals surface area contributed by atoms with Gasteiger partial charge in [-0.1, -0.05) is 18.7 Å². The number of aromatic nitrogens is 3. The van der Waals surface area contributed by atoms with Crippen molar-refractivity contribution < 1.29 is 0 Å². The van der Waals surface area contributed by atoms with Crippen molar-refractivity contribution in [2.45, 2.75) is 18.4 Å². The predicted octanol–water partition coefficient (Wildman–Crippen LogP) is 5.47. The van der Waals surface area contributed by atoms with Crippen LogP contribution in [0.5, 0.6) is 0 Å². The van der Waals surface area contributed by atoms with Gasteiger partial charge in [0.2, 0.25) is 0 Å². The normalized spacial score (nSPS) is 13.5. The molecule has 152 valence electrons. The smallest absolute Gasteiger partial charge is 0.126 e.